The highest BCUT2D eigenvalue weighted by molar-refractivity contribution is 5.87. The van der Waals surface area contributed by atoms with Crippen molar-refractivity contribution in [1.82, 2.24) is 5.32 Å². The Hall–Kier alpha value is -1.88. The Bertz CT molecular complexity index is 466. The molecule has 1 amide bonds. The van der Waals surface area contributed by atoms with Gasteiger partial charge in [-0.25, -0.2) is 4.79 Å². The van der Waals surface area contributed by atoms with Crippen molar-refractivity contribution < 1.29 is 19.4 Å². The normalized spacial score (nSPS) is 18.8. The molecule has 19 heavy (non-hydrogen) atoms. The van der Waals surface area contributed by atoms with E-state index in [-0.39, 0.29) is 17.6 Å². The van der Waals surface area contributed by atoms with Gasteiger partial charge in [0.05, 0.1) is 5.56 Å². The lowest BCUT2D eigenvalue weighted by atomic mass is 10.1. The van der Waals surface area contributed by atoms with Gasteiger partial charge in [-0.1, -0.05) is 12.1 Å². The molecule has 1 aromatic carbocycles. The van der Waals surface area contributed by atoms with E-state index < -0.39 is 5.97 Å². The Morgan fingerprint density at radius 3 is 2.89 bits per heavy atom. The van der Waals surface area contributed by atoms with E-state index in [9.17, 15) is 9.59 Å². The molecule has 1 saturated heterocycles. The molecule has 1 heterocycles. The Labute approximate surface area is 111 Å². The van der Waals surface area contributed by atoms with Gasteiger partial charge in [-0.15, -0.1) is 0 Å². The molecular weight excluding hydrogens is 246 g/mol. The lowest BCUT2D eigenvalue weighted by Gasteiger charge is -2.21. The molecule has 0 saturated carbocycles. The Morgan fingerprint density at radius 2 is 2.21 bits per heavy atom. The number of hydrogen-bond acceptors (Lipinski definition) is 3. The maximum Gasteiger partial charge on any atom is 0.335 e. The number of carboxylic acid groups (broad SMARTS) is 1. The monoisotopic (exact) mass is 263 g/mol. The van der Waals surface area contributed by atoms with Gasteiger partial charge in [0.25, 0.3) is 0 Å². The summed E-state index contributed by atoms with van der Waals surface area (Å²) in [4.78, 5) is 22.7. The van der Waals surface area contributed by atoms with Gasteiger partial charge in [0.15, 0.2) is 0 Å². The highest BCUT2D eigenvalue weighted by atomic mass is 16.5. The van der Waals surface area contributed by atoms with Gasteiger partial charge in [0.1, 0.15) is 6.10 Å². The molecule has 1 atom stereocenters. The highest BCUT2D eigenvalue weighted by Gasteiger charge is 2.21. The number of benzene rings is 1. The smallest absolute Gasteiger partial charge is 0.335 e. The first-order valence-corrected chi connectivity index (χ1v) is 6.38. The van der Waals surface area contributed by atoms with Crippen molar-refractivity contribution >= 4 is 11.9 Å². The quantitative estimate of drug-likeness (QED) is 0.864. The fourth-order valence-electron chi connectivity index (χ4n) is 2.06. The molecule has 0 unspecified atom stereocenters. The minimum atomic E-state index is -0.969. The van der Waals surface area contributed by atoms with Crippen LogP contribution >= 0.6 is 0 Å². The molecule has 102 valence electrons. The molecule has 1 aromatic rings. The average molecular weight is 263 g/mol. The highest BCUT2D eigenvalue weighted by Crippen LogP contribution is 2.13. The first-order valence-electron chi connectivity index (χ1n) is 6.38. The van der Waals surface area contributed by atoms with Gasteiger partial charge < -0.3 is 15.2 Å². The zero-order chi connectivity index (χ0) is 13.7. The van der Waals surface area contributed by atoms with Crippen LogP contribution in [0.15, 0.2) is 24.3 Å². The number of aromatic carboxylic acids is 1. The van der Waals surface area contributed by atoms with Gasteiger partial charge in [0.2, 0.25) is 5.91 Å². The fraction of sp³-hybridized carbons (Fsp3) is 0.429. The Morgan fingerprint density at radius 1 is 1.37 bits per heavy atom. The van der Waals surface area contributed by atoms with E-state index in [1.807, 2.05) is 0 Å². The fourth-order valence-corrected chi connectivity index (χ4v) is 2.06. The summed E-state index contributed by atoms with van der Waals surface area (Å²) in [7, 11) is 0. The predicted molar refractivity (Wildman–Crippen MR) is 68.8 cm³/mol. The zero-order valence-corrected chi connectivity index (χ0v) is 10.6. The summed E-state index contributed by atoms with van der Waals surface area (Å²) in [5.41, 5.74) is 0.990. The van der Waals surface area contributed by atoms with Crippen molar-refractivity contribution in [2.24, 2.45) is 0 Å². The first kappa shape index (κ1) is 13.5. The standard InChI is InChI=1S/C14H17NO4/c16-13(12-6-1-2-7-19-12)15-9-10-4-3-5-11(8-10)14(17)18/h3-5,8,12H,1-2,6-7,9H2,(H,15,16)(H,17,18)/t12-/m0/s1. The minimum Gasteiger partial charge on any atom is -0.478 e. The lowest BCUT2D eigenvalue weighted by Crippen LogP contribution is -2.37. The third-order valence-corrected chi connectivity index (χ3v) is 3.11. The number of carbonyl (C=O) groups is 2. The molecule has 5 nitrogen and oxygen atoms in total. The number of ether oxygens (including phenoxy) is 1. The summed E-state index contributed by atoms with van der Waals surface area (Å²) in [6, 6.07) is 6.54. The average Bonchev–Trinajstić information content (AvgIpc) is 2.46. The van der Waals surface area contributed by atoms with E-state index >= 15 is 0 Å². The molecule has 0 bridgehead atoms. The van der Waals surface area contributed by atoms with Crippen molar-refractivity contribution in [2.45, 2.75) is 31.9 Å². The van der Waals surface area contributed by atoms with E-state index in [4.69, 9.17) is 9.84 Å². The van der Waals surface area contributed by atoms with Crippen LogP contribution in [0, 0.1) is 0 Å². The number of rotatable bonds is 4. The molecule has 1 fully saturated rings. The van der Waals surface area contributed by atoms with Crippen LogP contribution in [-0.4, -0.2) is 29.7 Å². The van der Waals surface area contributed by atoms with Crippen LogP contribution in [0.5, 0.6) is 0 Å². The van der Waals surface area contributed by atoms with Gasteiger partial charge >= 0.3 is 5.97 Å². The van der Waals surface area contributed by atoms with Gasteiger partial charge in [-0.3, -0.25) is 4.79 Å². The number of hydrogen-bond donors (Lipinski definition) is 2. The van der Waals surface area contributed by atoms with Crippen LogP contribution in [0.1, 0.15) is 35.2 Å². The summed E-state index contributed by atoms with van der Waals surface area (Å²) < 4.78 is 5.38. The molecule has 2 rings (SSSR count). The largest absolute Gasteiger partial charge is 0.478 e. The van der Waals surface area contributed by atoms with Gasteiger partial charge in [0, 0.05) is 13.2 Å². The van der Waals surface area contributed by atoms with Crippen LogP contribution in [0.2, 0.25) is 0 Å². The van der Waals surface area contributed by atoms with E-state index in [1.165, 1.54) is 6.07 Å². The van der Waals surface area contributed by atoms with Crippen LogP contribution in [0.25, 0.3) is 0 Å². The Balaban J connectivity index is 1.89. The second-order valence-electron chi connectivity index (χ2n) is 4.58. The summed E-state index contributed by atoms with van der Waals surface area (Å²) in [5.74, 6) is -1.09. The number of carbonyl (C=O) groups excluding carboxylic acids is 1. The summed E-state index contributed by atoms with van der Waals surface area (Å²) in [6.07, 6.45) is 2.40. The van der Waals surface area contributed by atoms with Gasteiger partial charge in [-0.2, -0.15) is 0 Å². The lowest BCUT2D eigenvalue weighted by molar-refractivity contribution is -0.135. The zero-order valence-electron chi connectivity index (χ0n) is 10.6. The maximum atomic E-state index is 11.8. The van der Waals surface area contributed by atoms with E-state index in [2.05, 4.69) is 5.32 Å². The van der Waals surface area contributed by atoms with Crippen molar-refractivity contribution in [1.29, 1.82) is 0 Å². The predicted octanol–water partition coefficient (Wildman–Crippen LogP) is 1.57. The Kier molecular flexibility index (Phi) is 4.52. The molecule has 5 heteroatoms. The van der Waals surface area contributed by atoms with Crippen molar-refractivity contribution in [3.8, 4) is 0 Å². The van der Waals surface area contributed by atoms with E-state index in [1.54, 1.807) is 18.2 Å². The van der Waals surface area contributed by atoms with E-state index in [0.717, 1.165) is 24.8 Å². The second kappa shape index (κ2) is 6.33. The van der Waals surface area contributed by atoms with Crippen LogP contribution in [-0.2, 0) is 16.1 Å². The summed E-state index contributed by atoms with van der Waals surface area (Å²) in [6.45, 7) is 0.951. The molecule has 0 spiro atoms. The summed E-state index contributed by atoms with van der Waals surface area (Å²) >= 11 is 0. The minimum absolute atomic E-state index is 0.125. The number of amides is 1. The third kappa shape index (κ3) is 3.79. The second-order valence-corrected chi connectivity index (χ2v) is 4.58. The SMILES string of the molecule is O=C(O)c1cccc(CNC(=O)[C@@H]2CCCCO2)c1. The van der Waals surface area contributed by atoms with Gasteiger partial charge in [-0.05, 0) is 37.0 Å². The molecule has 1 aliphatic rings. The van der Waals surface area contributed by atoms with Crippen LogP contribution in [0.4, 0.5) is 0 Å². The van der Waals surface area contributed by atoms with Crippen molar-refractivity contribution in [3.05, 3.63) is 35.4 Å². The molecule has 1 aliphatic heterocycles. The topological polar surface area (TPSA) is 75.6 Å². The first-order chi connectivity index (χ1) is 9.16. The third-order valence-electron chi connectivity index (χ3n) is 3.11. The van der Waals surface area contributed by atoms with Crippen molar-refractivity contribution in [3.63, 3.8) is 0 Å². The number of carboxylic acids is 1. The molecule has 0 aliphatic carbocycles. The van der Waals surface area contributed by atoms with E-state index in [0.29, 0.717) is 13.2 Å². The number of nitrogens with one attached hydrogen (secondary N) is 1. The van der Waals surface area contributed by atoms with Crippen LogP contribution in [0.3, 0.4) is 0 Å². The molecule has 0 radical (unpaired) electrons. The molecular formula is C14H17NO4. The molecule has 2 N–H and O–H groups in total. The summed E-state index contributed by atoms with van der Waals surface area (Å²) in [5, 5.41) is 11.7. The van der Waals surface area contributed by atoms with Crippen molar-refractivity contribution in [2.75, 3.05) is 6.61 Å². The maximum absolute atomic E-state index is 11.8. The molecule has 0 aromatic heterocycles. The van der Waals surface area contributed by atoms with Crippen LogP contribution < -0.4 is 5.32 Å².